The van der Waals surface area contributed by atoms with E-state index in [9.17, 15) is 18.7 Å². The van der Waals surface area contributed by atoms with Gasteiger partial charge in [0.25, 0.3) is 0 Å². The molecule has 0 radical (unpaired) electrons. The molecule has 1 unspecified atom stereocenters. The van der Waals surface area contributed by atoms with Crippen molar-refractivity contribution in [2.75, 3.05) is 26.3 Å². The van der Waals surface area contributed by atoms with Crippen molar-refractivity contribution in [3.63, 3.8) is 0 Å². The van der Waals surface area contributed by atoms with Crippen LogP contribution < -0.4 is 0 Å². The number of hydrogen-bond acceptors (Lipinski definition) is 2. The van der Waals surface area contributed by atoms with E-state index < -0.39 is 5.97 Å². The molecule has 1 heterocycles. The number of alkyl halides is 1. The minimum Gasteiger partial charge on any atom is -0.478 e. The van der Waals surface area contributed by atoms with E-state index in [0.29, 0.717) is 17.9 Å². The maximum atomic E-state index is 14.2. The molecule has 1 aliphatic carbocycles. The maximum Gasteiger partial charge on any atom is 0.335 e. The van der Waals surface area contributed by atoms with E-state index in [1.54, 1.807) is 18.2 Å². The normalized spacial score (nSPS) is 17.4. The predicted molar refractivity (Wildman–Crippen MR) is 161 cm³/mol. The number of hydrogen-bond donors (Lipinski definition) is 1. The Kier molecular flexibility index (Phi) is 9.81. The molecule has 0 saturated carbocycles. The molecule has 0 bridgehead atoms. The van der Waals surface area contributed by atoms with Crippen molar-refractivity contribution in [3.05, 3.63) is 105 Å². The number of rotatable bonds is 8. The van der Waals surface area contributed by atoms with Crippen LogP contribution in [-0.2, 0) is 12.8 Å². The first-order chi connectivity index (χ1) is 18.8. The lowest BCUT2D eigenvalue weighted by atomic mass is 9.84. The Bertz CT molecular complexity index is 1380. The molecule has 40 heavy (non-hydrogen) atoms. The smallest absolute Gasteiger partial charge is 0.335 e. The van der Waals surface area contributed by atoms with Crippen molar-refractivity contribution in [2.24, 2.45) is 5.92 Å². The van der Waals surface area contributed by atoms with Gasteiger partial charge in [-0.2, -0.15) is 0 Å². The topological polar surface area (TPSA) is 40.5 Å². The van der Waals surface area contributed by atoms with Gasteiger partial charge < -0.3 is 10.0 Å². The van der Waals surface area contributed by atoms with Gasteiger partial charge in [-0.1, -0.05) is 30.3 Å². The van der Waals surface area contributed by atoms with Crippen LogP contribution in [0.25, 0.3) is 11.1 Å². The minimum atomic E-state index is -0.919. The number of aromatic carboxylic acids is 1. The van der Waals surface area contributed by atoms with Gasteiger partial charge >= 0.3 is 5.97 Å². The van der Waals surface area contributed by atoms with Gasteiger partial charge in [0.15, 0.2) is 0 Å². The number of allylic oxidation sites excluding steroid dienone is 1. The van der Waals surface area contributed by atoms with E-state index in [1.165, 1.54) is 11.1 Å². The van der Waals surface area contributed by atoms with Crippen LogP contribution in [0, 0.1) is 25.6 Å². The van der Waals surface area contributed by atoms with E-state index in [0.717, 1.165) is 90.7 Å². The number of fused-ring (bicyclic) bond motifs is 1. The molecule has 1 saturated heterocycles. The summed E-state index contributed by atoms with van der Waals surface area (Å²) in [5.74, 6) is -0.559. The quantitative estimate of drug-likeness (QED) is 0.300. The van der Waals surface area contributed by atoms with Crippen molar-refractivity contribution >= 4 is 29.5 Å². The highest BCUT2D eigenvalue weighted by atomic mass is 35.5. The number of carboxylic acid groups (broad SMARTS) is 1. The van der Waals surface area contributed by atoms with Crippen LogP contribution in [0.3, 0.4) is 0 Å². The minimum absolute atomic E-state index is 0. The third kappa shape index (κ3) is 6.47. The second-order valence-electron chi connectivity index (χ2n) is 11.2. The molecule has 1 N–H and O–H groups in total. The van der Waals surface area contributed by atoms with Crippen LogP contribution in [0.2, 0.25) is 0 Å². The molecule has 3 aromatic rings. The molecule has 212 valence electrons. The van der Waals surface area contributed by atoms with Crippen molar-refractivity contribution in [3.8, 4) is 0 Å². The average molecular weight is 566 g/mol. The van der Waals surface area contributed by atoms with Gasteiger partial charge in [0.05, 0.1) is 12.2 Å². The summed E-state index contributed by atoms with van der Waals surface area (Å²) in [5, 5.41) is 9.61. The van der Waals surface area contributed by atoms with Gasteiger partial charge in [-0.15, -0.1) is 12.4 Å². The Morgan fingerprint density at radius 3 is 2.42 bits per heavy atom. The first kappa shape index (κ1) is 30.0. The third-order valence-electron chi connectivity index (χ3n) is 8.34. The van der Waals surface area contributed by atoms with Gasteiger partial charge in [0.2, 0.25) is 0 Å². The van der Waals surface area contributed by atoms with E-state index in [2.05, 4.69) is 29.2 Å². The SMILES string of the molecule is Cc1cc(F)cc(C)c1C1=C(c2ccc(CC3CCN(CCCF)C3)cc2)c2ccc(C(=O)O)cc2CCC1.Cl. The highest BCUT2D eigenvalue weighted by Gasteiger charge is 2.25. The van der Waals surface area contributed by atoms with Crippen molar-refractivity contribution in [1.29, 1.82) is 0 Å². The van der Waals surface area contributed by atoms with Crippen molar-refractivity contribution < 1.29 is 18.7 Å². The van der Waals surface area contributed by atoms with Gasteiger partial charge in [-0.3, -0.25) is 4.39 Å². The van der Waals surface area contributed by atoms with Gasteiger partial charge in [0.1, 0.15) is 5.82 Å². The molecule has 6 heteroatoms. The summed E-state index contributed by atoms with van der Waals surface area (Å²) < 4.78 is 26.8. The molecule has 0 amide bonds. The maximum absolute atomic E-state index is 14.2. The second-order valence-corrected chi connectivity index (χ2v) is 11.2. The second kappa shape index (κ2) is 13.1. The standard InChI is InChI=1S/C34H37F2NO2.ClH/c1-22-17-29(36)18-23(2)32(22)31-6-3-5-27-20-28(34(38)39)11-12-30(27)33(31)26-9-7-24(8-10-26)19-25-13-16-37(21-25)15-4-14-35;/h7-12,17-18,20,25H,3-6,13-16,19,21H2,1-2H3,(H,38,39);1H. The third-order valence-corrected chi connectivity index (χ3v) is 8.34. The molecule has 1 fully saturated rings. The predicted octanol–water partition coefficient (Wildman–Crippen LogP) is 8.08. The molecule has 1 atom stereocenters. The molecule has 2 aliphatic rings. The van der Waals surface area contributed by atoms with E-state index in [1.807, 2.05) is 26.0 Å². The fourth-order valence-corrected chi connectivity index (χ4v) is 6.59. The zero-order valence-corrected chi connectivity index (χ0v) is 24.1. The van der Waals surface area contributed by atoms with Crippen LogP contribution in [0.15, 0.2) is 54.6 Å². The highest BCUT2D eigenvalue weighted by Crippen LogP contribution is 2.42. The van der Waals surface area contributed by atoms with E-state index in [-0.39, 0.29) is 24.9 Å². The van der Waals surface area contributed by atoms with E-state index >= 15 is 0 Å². The van der Waals surface area contributed by atoms with Gasteiger partial charge in [-0.25, -0.2) is 9.18 Å². The molecular formula is C34H38ClF2NO2. The number of carbonyl (C=O) groups is 1. The number of likely N-dealkylation sites (tertiary alicyclic amines) is 1. The summed E-state index contributed by atoms with van der Waals surface area (Å²) in [5.41, 5.74) is 10.0. The first-order valence-corrected chi connectivity index (χ1v) is 14.1. The van der Waals surface area contributed by atoms with Crippen molar-refractivity contribution in [2.45, 2.75) is 52.4 Å². The lowest BCUT2D eigenvalue weighted by Gasteiger charge is -2.20. The Morgan fingerprint density at radius 1 is 1.02 bits per heavy atom. The number of nitrogens with zero attached hydrogens (tertiary/aromatic N) is 1. The zero-order valence-electron chi connectivity index (χ0n) is 23.3. The van der Waals surface area contributed by atoms with E-state index in [4.69, 9.17) is 0 Å². The first-order valence-electron chi connectivity index (χ1n) is 14.1. The van der Waals surface area contributed by atoms with Crippen molar-refractivity contribution in [1.82, 2.24) is 4.90 Å². The van der Waals surface area contributed by atoms with Crippen LogP contribution in [0.4, 0.5) is 8.78 Å². The molecule has 5 rings (SSSR count). The Morgan fingerprint density at radius 2 is 1.75 bits per heavy atom. The largest absolute Gasteiger partial charge is 0.478 e. The monoisotopic (exact) mass is 565 g/mol. The lowest BCUT2D eigenvalue weighted by Crippen LogP contribution is -2.22. The summed E-state index contributed by atoms with van der Waals surface area (Å²) in [7, 11) is 0. The van der Waals surface area contributed by atoms with Crippen LogP contribution in [0.1, 0.15) is 75.0 Å². The fourth-order valence-electron chi connectivity index (χ4n) is 6.59. The molecule has 3 aromatic carbocycles. The van der Waals surface area contributed by atoms with Crippen LogP contribution in [-0.4, -0.2) is 42.3 Å². The summed E-state index contributed by atoms with van der Waals surface area (Å²) in [6, 6.07) is 17.5. The van der Waals surface area contributed by atoms with Crippen LogP contribution >= 0.6 is 12.4 Å². The summed E-state index contributed by atoms with van der Waals surface area (Å²) >= 11 is 0. The highest BCUT2D eigenvalue weighted by molar-refractivity contribution is 6.01. The van der Waals surface area contributed by atoms with Gasteiger partial charge in [0, 0.05) is 13.1 Å². The molecule has 0 aromatic heterocycles. The zero-order chi connectivity index (χ0) is 27.5. The Balaban J connectivity index is 0.00000370. The van der Waals surface area contributed by atoms with Gasteiger partial charge in [-0.05, 0) is 139 Å². The molecule has 1 aliphatic heterocycles. The summed E-state index contributed by atoms with van der Waals surface area (Å²) in [6.45, 7) is 6.60. The Labute approximate surface area is 242 Å². The molecular weight excluding hydrogens is 528 g/mol. The Hall–Kier alpha value is -3.02. The average Bonchev–Trinajstić information content (AvgIpc) is 3.26. The lowest BCUT2D eigenvalue weighted by molar-refractivity contribution is 0.0696. The molecule has 0 spiro atoms. The fraction of sp³-hybridized carbons (Fsp3) is 0.382. The number of aryl methyl sites for hydroxylation is 3. The summed E-state index contributed by atoms with van der Waals surface area (Å²) in [4.78, 5) is 14.1. The number of halogens is 3. The van der Waals surface area contributed by atoms with Crippen LogP contribution in [0.5, 0.6) is 0 Å². The number of benzene rings is 3. The molecule has 3 nitrogen and oxygen atoms in total. The summed E-state index contributed by atoms with van der Waals surface area (Å²) in [6.07, 6.45) is 5.28. The number of carboxylic acids is 1.